The fourth-order valence-electron chi connectivity index (χ4n) is 4.86. The molecule has 0 unspecified atom stereocenters. The lowest BCUT2D eigenvalue weighted by Gasteiger charge is -2.32. The van der Waals surface area contributed by atoms with Crippen LogP contribution in [-0.2, 0) is 23.1 Å². The first-order chi connectivity index (χ1) is 16.0. The van der Waals surface area contributed by atoms with Gasteiger partial charge >= 0.3 is 0 Å². The van der Waals surface area contributed by atoms with Crippen molar-refractivity contribution in [2.45, 2.75) is 57.9 Å². The summed E-state index contributed by atoms with van der Waals surface area (Å²) in [7, 11) is 0. The highest BCUT2D eigenvalue weighted by Gasteiger charge is 2.25. The molecule has 0 aliphatic carbocycles. The van der Waals surface area contributed by atoms with E-state index in [0.717, 1.165) is 64.2 Å². The lowest BCUT2D eigenvalue weighted by atomic mass is 9.85. The van der Waals surface area contributed by atoms with Crippen LogP contribution >= 0.6 is 0 Å². The van der Waals surface area contributed by atoms with E-state index in [1.54, 1.807) is 0 Å². The average Bonchev–Trinajstić information content (AvgIpc) is 3.22. The van der Waals surface area contributed by atoms with Gasteiger partial charge in [-0.25, -0.2) is 4.98 Å². The SMILES string of the molecule is CCOCCn1c(C2CCN(CCc3ccc(C(C)(C)CO)cc3)CC2)nc2ccccc21. The number of rotatable bonds is 10. The number of imidazole rings is 1. The van der Waals surface area contributed by atoms with Crippen LogP contribution in [0.4, 0.5) is 0 Å². The van der Waals surface area contributed by atoms with Crippen molar-refractivity contribution in [3.05, 3.63) is 65.5 Å². The molecule has 3 aromatic rings. The number of likely N-dealkylation sites (tertiary alicyclic amines) is 1. The highest BCUT2D eigenvalue weighted by molar-refractivity contribution is 5.76. The van der Waals surface area contributed by atoms with E-state index >= 15 is 0 Å². The standard InChI is InChI=1S/C28H39N3O2/c1-4-33-20-19-31-26-8-6-5-7-25(26)29-27(31)23-14-17-30(18-15-23)16-13-22-9-11-24(12-10-22)28(2,3)21-32/h5-12,23,32H,4,13-21H2,1-3H3. The topological polar surface area (TPSA) is 50.5 Å². The van der Waals surface area contributed by atoms with Gasteiger partial charge in [0, 0.05) is 31.0 Å². The van der Waals surface area contributed by atoms with Gasteiger partial charge in [0.25, 0.3) is 0 Å². The van der Waals surface area contributed by atoms with Gasteiger partial charge in [-0.3, -0.25) is 0 Å². The molecule has 0 amide bonds. The van der Waals surface area contributed by atoms with E-state index in [0.29, 0.717) is 5.92 Å². The van der Waals surface area contributed by atoms with E-state index in [4.69, 9.17) is 9.72 Å². The highest BCUT2D eigenvalue weighted by atomic mass is 16.5. The molecule has 1 fully saturated rings. The van der Waals surface area contributed by atoms with Gasteiger partial charge in [-0.15, -0.1) is 0 Å². The maximum absolute atomic E-state index is 9.59. The van der Waals surface area contributed by atoms with Crippen molar-refractivity contribution in [1.29, 1.82) is 0 Å². The molecule has 0 bridgehead atoms. The van der Waals surface area contributed by atoms with E-state index in [1.807, 2.05) is 6.92 Å². The molecule has 1 aliphatic rings. The molecule has 1 N–H and O–H groups in total. The number of para-hydroxylation sites is 2. The van der Waals surface area contributed by atoms with E-state index in [2.05, 4.69) is 71.8 Å². The minimum Gasteiger partial charge on any atom is -0.395 e. The number of nitrogens with zero attached hydrogens (tertiary/aromatic N) is 3. The van der Waals surface area contributed by atoms with Gasteiger partial charge in [-0.2, -0.15) is 0 Å². The van der Waals surface area contributed by atoms with Crippen molar-refractivity contribution in [2.24, 2.45) is 0 Å². The molecule has 5 heteroatoms. The lowest BCUT2D eigenvalue weighted by Crippen LogP contribution is -2.35. The zero-order valence-electron chi connectivity index (χ0n) is 20.5. The van der Waals surface area contributed by atoms with Crippen LogP contribution in [0.2, 0.25) is 0 Å². The summed E-state index contributed by atoms with van der Waals surface area (Å²) in [5.41, 5.74) is 4.70. The highest BCUT2D eigenvalue weighted by Crippen LogP contribution is 2.30. The molecule has 0 saturated carbocycles. The summed E-state index contributed by atoms with van der Waals surface area (Å²) in [6.45, 7) is 12.1. The number of piperidine rings is 1. The molecule has 1 aromatic heterocycles. The van der Waals surface area contributed by atoms with Gasteiger partial charge in [-0.1, -0.05) is 50.2 Å². The quantitative estimate of drug-likeness (QED) is 0.453. The van der Waals surface area contributed by atoms with Crippen LogP contribution < -0.4 is 0 Å². The van der Waals surface area contributed by atoms with Gasteiger partial charge in [0.2, 0.25) is 0 Å². The first kappa shape index (κ1) is 23.9. The molecule has 1 saturated heterocycles. The van der Waals surface area contributed by atoms with Crippen molar-refractivity contribution in [3.63, 3.8) is 0 Å². The Kier molecular flexibility index (Phi) is 7.84. The van der Waals surface area contributed by atoms with Crippen molar-refractivity contribution in [1.82, 2.24) is 14.5 Å². The Hall–Kier alpha value is -2.21. The van der Waals surface area contributed by atoms with Gasteiger partial charge in [0.15, 0.2) is 0 Å². The van der Waals surface area contributed by atoms with Crippen LogP contribution in [0.1, 0.15) is 56.5 Å². The second kappa shape index (κ2) is 10.8. The minimum absolute atomic E-state index is 0.167. The molecule has 178 valence electrons. The van der Waals surface area contributed by atoms with Crippen LogP contribution in [0.3, 0.4) is 0 Å². The second-order valence-corrected chi connectivity index (χ2v) is 9.91. The third-order valence-corrected chi connectivity index (χ3v) is 7.15. The number of benzene rings is 2. The normalized spacial score (nSPS) is 16.0. The first-order valence-corrected chi connectivity index (χ1v) is 12.5. The first-order valence-electron chi connectivity index (χ1n) is 12.5. The number of fused-ring (bicyclic) bond motifs is 1. The van der Waals surface area contributed by atoms with Crippen LogP contribution in [0.15, 0.2) is 48.5 Å². The zero-order chi connectivity index (χ0) is 23.3. The fourth-order valence-corrected chi connectivity index (χ4v) is 4.86. The maximum atomic E-state index is 9.59. The zero-order valence-corrected chi connectivity index (χ0v) is 20.5. The third kappa shape index (κ3) is 5.65. The number of ether oxygens (including phenoxy) is 1. The fraction of sp³-hybridized carbons (Fsp3) is 0.536. The van der Waals surface area contributed by atoms with E-state index in [-0.39, 0.29) is 12.0 Å². The molecular formula is C28H39N3O2. The largest absolute Gasteiger partial charge is 0.395 e. The Bertz CT molecular complexity index is 1020. The van der Waals surface area contributed by atoms with Crippen LogP contribution in [0.25, 0.3) is 11.0 Å². The predicted octanol–water partition coefficient (Wildman–Crippen LogP) is 4.76. The summed E-state index contributed by atoms with van der Waals surface area (Å²) in [6.07, 6.45) is 3.38. The summed E-state index contributed by atoms with van der Waals surface area (Å²) in [5, 5.41) is 9.59. The monoisotopic (exact) mass is 449 g/mol. The molecule has 5 nitrogen and oxygen atoms in total. The van der Waals surface area contributed by atoms with Crippen molar-refractivity contribution in [2.75, 3.05) is 39.5 Å². The second-order valence-electron chi connectivity index (χ2n) is 9.91. The molecular weight excluding hydrogens is 410 g/mol. The molecule has 33 heavy (non-hydrogen) atoms. The van der Waals surface area contributed by atoms with Gasteiger partial charge in [-0.05, 0) is 62.5 Å². The van der Waals surface area contributed by atoms with E-state index in [9.17, 15) is 5.11 Å². The van der Waals surface area contributed by atoms with Gasteiger partial charge < -0.3 is 19.3 Å². The average molecular weight is 450 g/mol. The molecule has 0 radical (unpaired) electrons. The van der Waals surface area contributed by atoms with Crippen LogP contribution in [-0.4, -0.2) is 59.0 Å². The molecule has 0 spiro atoms. The number of hydrogen-bond donors (Lipinski definition) is 1. The Balaban J connectivity index is 1.34. The summed E-state index contributed by atoms with van der Waals surface area (Å²) >= 11 is 0. The number of aromatic nitrogens is 2. The third-order valence-electron chi connectivity index (χ3n) is 7.15. The summed E-state index contributed by atoms with van der Waals surface area (Å²) in [6, 6.07) is 17.3. The number of hydrogen-bond acceptors (Lipinski definition) is 4. The van der Waals surface area contributed by atoms with Crippen LogP contribution in [0, 0.1) is 0 Å². The Morgan fingerprint density at radius 2 is 1.76 bits per heavy atom. The predicted molar refractivity (Wildman–Crippen MR) is 135 cm³/mol. The van der Waals surface area contributed by atoms with E-state index < -0.39 is 0 Å². The number of aliphatic hydroxyl groups excluding tert-OH is 1. The molecule has 1 aliphatic heterocycles. The molecule has 0 atom stereocenters. The van der Waals surface area contributed by atoms with Crippen molar-refractivity contribution in [3.8, 4) is 0 Å². The maximum Gasteiger partial charge on any atom is 0.113 e. The summed E-state index contributed by atoms with van der Waals surface area (Å²) in [4.78, 5) is 7.63. The van der Waals surface area contributed by atoms with Crippen molar-refractivity contribution >= 4 is 11.0 Å². The van der Waals surface area contributed by atoms with Gasteiger partial charge in [0.05, 0.1) is 24.2 Å². The molecule has 2 aromatic carbocycles. The Morgan fingerprint density at radius 1 is 1.03 bits per heavy atom. The molecule has 4 rings (SSSR count). The molecule has 2 heterocycles. The lowest BCUT2D eigenvalue weighted by molar-refractivity contribution is 0.138. The Morgan fingerprint density at radius 3 is 2.45 bits per heavy atom. The minimum atomic E-state index is -0.181. The Labute approximate surface area is 198 Å². The smallest absolute Gasteiger partial charge is 0.113 e. The van der Waals surface area contributed by atoms with Crippen molar-refractivity contribution < 1.29 is 9.84 Å². The van der Waals surface area contributed by atoms with Crippen LogP contribution in [0.5, 0.6) is 0 Å². The van der Waals surface area contributed by atoms with E-state index in [1.165, 1.54) is 22.5 Å². The number of aliphatic hydroxyl groups is 1. The summed E-state index contributed by atoms with van der Waals surface area (Å²) in [5.74, 6) is 1.74. The summed E-state index contributed by atoms with van der Waals surface area (Å²) < 4.78 is 8.04. The van der Waals surface area contributed by atoms with Gasteiger partial charge in [0.1, 0.15) is 5.82 Å².